The summed E-state index contributed by atoms with van der Waals surface area (Å²) in [4.78, 5) is 4.18. The van der Waals surface area contributed by atoms with Gasteiger partial charge in [0.25, 0.3) is 0 Å². The zero-order chi connectivity index (χ0) is 8.65. The van der Waals surface area contributed by atoms with Crippen LogP contribution in [0.25, 0.3) is 0 Å². The van der Waals surface area contributed by atoms with Crippen molar-refractivity contribution in [2.75, 3.05) is 6.54 Å². The van der Waals surface area contributed by atoms with Crippen molar-refractivity contribution in [1.82, 2.24) is 10.3 Å². The summed E-state index contributed by atoms with van der Waals surface area (Å²) in [6, 6.07) is 5.93. The van der Waals surface area contributed by atoms with E-state index >= 15 is 0 Å². The minimum atomic E-state index is 0.765. The zero-order valence-corrected chi connectivity index (χ0v) is 7.53. The number of unbranched alkanes of at least 4 members (excludes halogenated alkanes) is 1. The van der Waals surface area contributed by atoms with Gasteiger partial charge < -0.3 is 0 Å². The van der Waals surface area contributed by atoms with Crippen LogP contribution in [-0.2, 0) is 6.54 Å². The molecule has 2 nitrogen and oxygen atoms in total. The van der Waals surface area contributed by atoms with E-state index in [1.807, 2.05) is 24.4 Å². The Labute approximate surface area is 74.0 Å². The fourth-order valence-electron chi connectivity index (χ4n) is 0.955. The van der Waals surface area contributed by atoms with Gasteiger partial charge in [-0.15, -0.1) is 0 Å². The molecule has 0 N–H and O–H groups in total. The van der Waals surface area contributed by atoms with Gasteiger partial charge in [-0.25, -0.2) is 0 Å². The van der Waals surface area contributed by atoms with Gasteiger partial charge in [-0.1, -0.05) is 19.4 Å². The van der Waals surface area contributed by atoms with E-state index in [1.165, 1.54) is 12.8 Å². The lowest BCUT2D eigenvalue weighted by atomic mass is 10.3. The van der Waals surface area contributed by atoms with E-state index in [0.29, 0.717) is 0 Å². The Hall–Kier alpha value is -0.890. The molecule has 1 heterocycles. The summed E-state index contributed by atoms with van der Waals surface area (Å²) in [5, 5.41) is 4.37. The number of rotatable bonds is 5. The predicted molar refractivity (Wildman–Crippen MR) is 49.9 cm³/mol. The average molecular weight is 163 g/mol. The zero-order valence-electron chi connectivity index (χ0n) is 7.53. The molecule has 0 aliphatic heterocycles. The fourth-order valence-corrected chi connectivity index (χ4v) is 0.955. The first kappa shape index (κ1) is 9.20. The summed E-state index contributed by atoms with van der Waals surface area (Å²) in [5.41, 5.74) is 1.06. The van der Waals surface area contributed by atoms with Gasteiger partial charge in [0.1, 0.15) is 5.69 Å². The van der Waals surface area contributed by atoms with Gasteiger partial charge in [0, 0.05) is 12.6 Å². The first-order valence-electron chi connectivity index (χ1n) is 4.46. The maximum Gasteiger partial charge on any atom is 0.225 e. The maximum atomic E-state index is 4.37. The second-order valence-electron chi connectivity index (χ2n) is 2.78. The number of hydrogen-bond donors (Lipinski definition) is 0. The molecule has 0 bridgehead atoms. The average Bonchev–Trinajstić information content (AvgIpc) is 2.14. The maximum absolute atomic E-state index is 4.37. The topological polar surface area (TPSA) is 27.0 Å². The number of aromatic nitrogens is 1. The Kier molecular flexibility index (Phi) is 4.39. The van der Waals surface area contributed by atoms with Crippen molar-refractivity contribution in [3.63, 3.8) is 0 Å². The van der Waals surface area contributed by atoms with Crippen LogP contribution < -0.4 is 5.32 Å². The van der Waals surface area contributed by atoms with E-state index in [2.05, 4.69) is 17.2 Å². The first-order chi connectivity index (χ1) is 5.93. The summed E-state index contributed by atoms with van der Waals surface area (Å²) >= 11 is 0. The van der Waals surface area contributed by atoms with Crippen LogP contribution in [0.1, 0.15) is 25.5 Å². The van der Waals surface area contributed by atoms with E-state index in [1.54, 1.807) is 0 Å². The van der Waals surface area contributed by atoms with Crippen molar-refractivity contribution in [1.29, 1.82) is 0 Å². The molecule has 0 aromatic carbocycles. The van der Waals surface area contributed by atoms with Gasteiger partial charge in [0.2, 0.25) is 6.54 Å². The molecule has 12 heavy (non-hydrogen) atoms. The third-order valence-electron chi connectivity index (χ3n) is 1.67. The third-order valence-corrected chi connectivity index (χ3v) is 1.67. The lowest BCUT2D eigenvalue weighted by Gasteiger charge is -1.88. The minimum Gasteiger partial charge on any atom is -0.255 e. The van der Waals surface area contributed by atoms with Crippen LogP contribution in [0.15, 0.2) is 24.4 Å². The van der Waals surface area contributed by atoms with E-state index in [0.717, 1.165) is 18.8 Å². The van der Waals surface area contributed by atoms with Crippen molar-refractivity contribution in [3.8, 4) is 0 Å². The fraction of sp³-hybridized carbons (Fsp3) is 0.500. The molecule has 0 unspecified atom stereocenters. The van der Waals surface area contributed by atoms with E-state index in [4.69, 9.17) is 0 Å². The van der Waals surface area contributed by atoms with Crippen molar-refractivity contribution < 1.29 is 0 Å². The van der Waals surface area contributed by atoms with Crippen LogP contribution in [0.3, 0.4) is 0 Å². The van der Waals surface area contributed by atoms with Gasteiger partial charge in [0.05, 0.1) is 5.32 Å². The normalized spacial score (nSPS) is 10.1. The van der Waals surface area contributed by atoms with Crippen molar-refractivity contribution >= 4 is 0 Å². The standard InChI is InChI=1S/C10H15N2/c1-2-3-7-11-9-10-6-4-5-8-12-10/h4-6,8H,2-3,7,9H2,1H3/q+1. The molecular formula is C10H15N2+. The number of nitrogens with zero attached hydrogens (tertiary/aromatic N) is 2. The SMILES string of the molecule is CCCC[N+]Cc1ccccn1. The van der Waals surface area contributed by atoms with Crippen molar-refractivity contribution in [2.24, 2.45) is 0 Å². The highest BCUT2D eigenvalue weighted by Gasteiger charge is 2.04. The van der Waals surface area contributed by atoms with Crippen molar-refractivity contribution in [3.05, 3.63) is 30.1 Å². The van der Waals surface area contributed by atoms with Crippen LogP contribution >= 0.6 is 0 Å². The summed E-state index contributed by atoms with van der Waals surface area (Å²) in [7, 11) is 0. The smallest absolute Gasteiger partial charge is 0.225 e. The summed E-state index contributed by atoms with van der Waals surface area (Å²) in [6.07, 6.45) is 4.21. The van der Waals surface area contributed by atoms with Gasteiger partial charge >= 0.3 is 0 Å². The Morgan fingerprint density at radius 3 is 3.00 bits per heavy atom. The molecule has 0 aliphatic rings. The van der Waals surface area contributed by atoms with Crippen LogP contribution in [0.4, 0.5) is 0 Å². The molecule has 0 amide bonds. The largest absolute Gasteiger partial charge is 0.255 e. The molecule has 2 radical (unpaired) electrons. The number of hydrogen-bond acceptors (Lipinski definition) is 1. The summed E-state index contributed by atoms with van der Waals surface area (Å²) < 4.78 is 0. The summed E-state index contributed by atoms with van der Waals surface area (Å²) in [6.45, 7) is 3.91. The lowest BCUT2D eigenvalue weighted by Crippen LogP contribution is -2.07. The molecule has 1 aromatic heterocycles. The molecule has 0 spiro atoms. The Morgan fingerprint density at radius 2 is 2.33 bits per heavy atom. The summed E-state index contributed by atoms with van der Waals surface area (Å²) in [5.74, 6) is 0. The van der Waals surface area contributed by atoms with Gasteiger partial charge in [-0.05, 0) is 12.1 Å². The Bertz CT molecular complexity index is 196. The second kappa shape index (κ2) is 5.72. The molecule has 64 valence electrons. The highest BCUT2D eigenvalue weighted by Crippen LogP contribution is 1.93. The van der Waals surface area contributed by atoms with E-state index in [9.17, 15) is 0 Å². The predicted octanol–water partition coefficient (Wildman–Crippen LogP) is 1.99. The lowest BCUT2D eigenvalue weighted by molar-refractivity contribution is 0.621. The van der Waals surface area contributed by atoms with E-state index in [-0.39, 0.29) is 0 Å². The van der Waals surface area contributed by atoms with Crippen LogP contribution in [-0.4, -0.2) is 11.5 Å². The first-order valence-corrected chi connectivity index (χ1v) is 4.46. The molecule has 0 saturated heterocycles. The van der Waals surface area contributed by atoms with E-state index < -0.39 is 0 Å². The molecule has 0 atom stereocenters. The highest BCUT2D eigenvalue weighted by atomic mass is 14.9. The Balaban J connectivity index is 2.16. The molecule has 0 aliphatic carbocycles. The molecule has 1 rings (SSSR count). The molecule has 0 saturated carbocycles. The van der Waals surface area contributed by atoms with Gasteiger partial charge in [-0.2, -0.15) is 0 Å². The number of pyridine rings is 1. The monoisotopic (exact) mass is 163 g/mol. The molecule has 0 fully saturated rings. The second-order valence-corrected chi connectivity index (χ2v) is 2.78. The van der Waals surface area contributed by atoms with Crippen LogP contribution in [0.5, 0.6) is 0 Å². The van der Waals surface area contributed by atoms with Gasteiger partial charge in [0.15, 0.2) is 6.54 Å². The molecule has 2 heteroatoms. The molecular weight excluding hydrogens is 148 g/mol. The van der Waals surface area contributed by atoms with Crippen molar-refractivity contribution in [2.45, 2.75) is 26.3 Å². The quantitative estimate of drug-likeness (QED) is 0.610. The van der Waals surface area contributed by atoms with Crippen LogP contribution in [0, 0.1) is 0 Å². The third kappa shape index (κ3) is 3.49. The van der Waals surface area contributed by atoms with Crippen LogP contribution in [0.2, 0.25) is 0 Å². The minimum absolute atomic E-state index is 0.765. The highest BCUT2D eigenvalue weighted by molar-refractivity contribution is 5.02. The molecule has 1 aromatic rings. The Morgan fingerprint density at radius 1 is 1.42 bits per heavy atom. The van der Waals surface area contributed by atoms with Gasteiger partial charge in [-0.3, -0.25) is 4.98 Å².